The highest BCUT2D eigenvalue weighted by Gasteiger charge is 2.24. The van der Waals surface area contributed by atoms with Crippen molar-refractivity contribution in [3.63, 3.8) is 0 Å². The molecule has 1 unspecified atom stereocenters. The molecule has 2 aromatic carbocycles. The van der Waals surface area contributed by atoms with Gasteiger partial charge in [0, 0.05) is 31.7 Å². The Bertz CT molecular complexity index is 794. The molecule has 156 valence electrons. The average molecular weight is 399 g/mol. The lowest BCUT2D eigenvalue weighted by Crippen LogP contribution is -2.43. The predicted molar refractivity (Wildman–Crippen MR) is 114 cm³/mol. The molecule has 2 aromatic rings. The number of benzene rings is 2. The molecule has 1 aliphatic rings. The van der Waals surface area contributed by atoms with Crippen LogP contribution in [-0.4, -0.2) is 55.5 Å². The molecule has 1 aliphatic heterocycles. The Morgan fingerprint density at radius 2 is 2.03 bits per heavy atom. The van der Waals surface area contributed by atoms with E-state index in [4.69, 9.17) is 4.74 Å². The van der Waals surface area contributed by atoms with Crippen molar-refractivity contribution in [3.8, 4) is 5.75 Å². The van der Waals surface area contributed by atoms with Gasteiger partial charge >= 0.3 is 0 Å². The first-order valence-electron chi connectivity index (χ1n) is 10.5. The van der Waals surface area contributed by atoms with Gasteiger partial charge < -0.3 is 14.5 Å². The topological polar surface area (TPSA) is 32.8 Å². The van der Waals surface area contributed by atoms with Crippen LogP contribution < -0.4 is 4.74 Å². The summed E-state index contributed by atoms with van der Waals surface area (Å²) < 4.78 is 18.6. The van der Waals surface area contributed by atoms with Crippen LogP contribution in [0, 0.1) is 11.7 Å². The summed E-state index contributed by atoms with van der Waals surface area (Å²) in [6.07, 6.45) is 3.14. The number of carbonyl (C=O) groups is 1. The summed E-state index contributed by atoms with van der Waals surface area (Å²) in [4.78, 5) is 17.3. The van der Waals surface area contributed by atoms with Gasteiger partial charge in [-0.25, -0.2) is 4.39 Å². The zero-order valence-electron chi connectivity index (χ0n) is 17.4. The molecule has 0 saturated carbocycles. The van der Waals surface area contributed by atoms with E-state index in [1.54, 1.807) is 19.2 Å². The van der Waals surface area contributed by atoms with E-state index in [1.165, 1.54) is 6.07 Å². The second kappa shape index (κ2) is 10.4. The summed E-state index contributed by atoms with van der Waals surface area (Å²) in [7, 11) is 1.62. The molecule has 29 heavy (non-hydrogen) atoms. The van der Waals surface area contributed by atoms with Crippen LogP contribution in [0.5, 0.6) is 5.75 Å². The molecule has 1 heterocycles. The van der Waals surface area contributed by atoms with Crippen LogP contribution in [-0.2, 0) is 6.42 Å². The minimum Gasteiger partial charge on any atom is -0.497 e. The lowest BCUT2D eigenvalue weighted by molar-refractivity contribution is 0.0690. The Balaban J connectivity index is 1.54. The zero-order valence-corrected chi connectivity index (χ0v) is 17.4. The van der Waals surface area contributed by atoms with E-state index in [0.29, 0.717) is 18.0 Å². The fraction of sp³-hybridized carbons (Fsp3) is 0.458. The van der Waals surface area contributed by atoms with E-state index in [2.05, 4.69) is 4.90 Å². The van der Waals surface area contributed by atoms with Crippen LogP contribution in [0.1, 0.15) is 35.7 Å². The molecule has 0 spiro atoms. The lowest BCUT2D eigenvalue weighted by atomic mass is 9.96. The monoisotopic (exact) mass is 398 g/mol. The van der Waals surface area contributed by atoms with Gasteiger partial charge in [0.25, 0.3) is 5.91 Å². The molecule has 5 heteroatoms. The van der Waals surface area contributed by atoms with Gasteiger partial charge in [0.1, 0.15) is 11.6 Å². The van der Waals surface area contributed by atoms with E-state index < -0.39 is 0 Å². The van der Waals surface area contributed by atoms with Gasteiger partial charge in [-0.3, -0.25) is 4.79 Å². The van der Waals surface area contributed by atoms with Crippen LogP contribution in [0.25, 0.3) is 0 Å². The summed E-state index contributed by atoms with van der Waals surface area (Å²) in [6.45, 7) is 6.50. The number of hydrogen-bond donors (Lipinski definition) is 0. The Morgan fingerprint density at radius 1 is 1.24 bits per heavy atom. The van der Waals surface area contributed by atoms with Gasteiger partial charge in [-0.05, 0) is 80.6 Å². The van der Waals surface area contributed by atoms with Crippen molar-refractivity contribution in [2.45, 2.75) is 26.2 Å². The minimum atomic E-state index is -0.172. The SMILES string of the molecule is CCN(CC1CCCN(CCc2cccc(F)c2)C1)C(=O)c1ccc(OC)cc1. The summed E-state index contributed by atoms with van der Waals surface area (Å²) >= 11 is 0. The normalized spacial score (nSPS) is 17.1. The number of ether oxygens (including phenoxy) is 1. The smallest absolute Gasteiger partial charge is 0.253 e. The number of carbonyl (C=O) groups excluding carboxylic acids is 1. The Hall–Kier alpha value is -2.40. The highest BCUT2D eigenvalue weighted by Crippen LogP contribution is 2.20. The quantitative estimate of drug-likeness (QED) is 0.666. The first kappa shape index (κ1) is 21.3. The standard InChI is InChI=1S/C24H31FN2O2/c1-3-27(24(28)21-9-11-23(29-2)12-10-21)18-20-7-5-14-26(17-20)15-13-19-6-4-8-22(25)16-19/h4,6,8-12,16,20H,3,5,7,13-15,17-18H2,1-2H3. The van der Waals surface area contributed by atoms with Gasteiger partial charge in [-0.1, -0.05) is 12.1 Å². The van der Waals surface area contributed by atoms with Crippen molar-refractivity contribution in [3.05, 3.63) is 65.5 Å². The molecule has 0 aliphatic carbocycles. The number of rotatable bonds is 8. The van der Waals surface area contributed by atoms with Gasteiger partial charge in [-0.2, -0.15) is 0 Å². The van der Waals surface area contributed by atoms with E-state index >= 15 is 0 Å². The number of hydrogen-bond acceptors (Lipinski definition) is 3. The van der Waals surface area contributed by atoms with E-state index in [1.807, 2.05) is 42.2 Å². The van der Waals surface area contributed by atoms with Gasteiger partial charge in [-0.15, -0.1) is 0 Å². The summed E-state index contributed by atoms with van der Waals surface area (Å²) in [5.41, 5.74) is 1.74. The van der Waals surface area contributed by atoms with Crippen LogP contribution >= 0.6 is 0 Å². The summed E-state index contributed by atoms with van der Waals surface area (Å²) in [5, 5.41) is 0. The van der Waals surface area contributed by atoms with Crippen molar-refractivity contribution in [2.24, 2.45) is 5.92 Å². The maximum absolute atomic E-state index is 13.4. The maximum Gasteiger partial charge on any atom is 0.253 e. The van der Waals surface area contributed by atoms with Crippen molar-refractivity contribution in [2.75, 3.05) is 39.8 Å². The third-order valence-corrected chi connectivity index (χ3v) is 5.69. The zero-order chi connectivity index (χ0) is 20.6. The lowest BCUT2D eigenvalue weighted by Gasteiger charge is -2.35. The molecule has 0 aromatic heterocycles. The second-order valence-corrected chi connectivity index (χ2v) is 7.76. The number of likely N-dealkylation sites (tertiary alicyclic amines) is 1. The third-order valence-electron chi connectivity index (χ3n) is 5.69. The number of methoxy groups -OCH3 is 1. The van der Waals surface area contributed by atoms with Crippen LogP contribution in [0.3, 0.4) is 0 Å². The molecular formula is C24H31FN2O2. The predicted octanol–water partition coefficient (Wildman–Crippen LogP) is 4.25. The summed E-state index contributed by atoms with van der Waals surface area (Å²) in [6, 6.07) is 14.2. The number of halogens is 1. The van der Waals surface area contributed by atoms with Crippen molar-refractivity contribution >= 4 is 5.91 Å². The molecule has 1 amide bonds. The first-order chi connectivity index (χ1) is 14.1. The molecule has 1 fully saturated rings. The maximum atomic E-state index is 13.4. The Morgan fingerprint density at radius 3 is 2.72 bits per heavy atom. The average Bonchev–Trinajstić information content (AvgIpc) is 2.76. The molecule has 0 radical (unpaired) electrons. The number of nitrogens with zero attached hydrogens (tertiary/aromatic N) is 2. The largest absolute Gasteiger partial charge is 0.497 e. The highest BCUT2D eigenvalue weighted by molar-refractivity contribution is 5.94. The van der Waals surface area contributed by atoms with Crippen molar-refractivity contribution in [1.29, 1.82) is 0 Å². The molecule has 4 nitrogen and oxygen atoms in total. The Labute approximate surface area is 173 Å². The van der Waals surface area contributed by atoms with E-state index in [-0.39, 0.29) is 11.7 Å². The number of amides is 1. The second-order valence-electron chi connectivity index (χ2n) is 7.76. The van der Waals surface area contributed by atoms with Gasteiger partial charge in [0.05, 0.1) is 7.11 Å². The minimum absolute atomic E-state index is 0.0760. The van der Waals surface area contributed by atoms with Crippen molar-refractivity contribution in [1.82, 2.24) is 9.80 Å². The fourth-order valence-corrected chi connectivity index (χ4v) is 4.07. The molecule has 1 saturated heterocycles. The number of piperidine rings is 1. The van der Waals surface area contributed by atoms with Gasteiger partial charge in [0.2, 0.25) is 0 Å². The Kier molecular flexibility index (Phi) is 7.64. The van der Waals surface area contributed by atoms with E-state index in [0.717, 1.165) is 56.8 Å². The summed E-state index contributed by atoms with van der Waals surface area (Å²) in [5.74, 6) is 1.13. The van der Waals surface area contributed by atoms with Gasteiger partial charge in [0.15, 0.2) is 0 Å². The fourth-order valence-electron chi connectivity index (χ4n) is 4.07. The molecule has 1 atom stereocenters. The van der Waals surface area contributed by atoms with Crippen molar-refractivity contribution < 1.29 is 13.9 Å². The third kappa shape index (κ3) is 6.04. The molecular weight excluding hydrogens is 367 g/mol. The van der Waals surface area contributed by atoms with Crippen LogP contribution in [0.15, 0.2) is 48.5 Å². The highest BCUT2D eigenvalue weighted by atomic mass is 19.1. The molecule has 0 bridgehead atoms. The van der Waals surface area contributed by atoms with Crippen LogP contribution in [0.2, 0.25) is 0 Å². The van der Waals surface area contributed by atoms with E-state index in [9.17, 15) is 9.18 Å². The molecule has 3 rings (SSSR count). The van der Waals surface area contributed by atoms with Crippen LogP contribution in [0.4, 0.5) is 4.39 Å². The first-order valence-corrected chi connectivity index (χ1v) is 10.5. The molecule has 0 N–H and O–H groups in total.